The molecule has 0 N–H and O–H groups in total. The van der Waals surface area contributed by atoms with Crippen molar-refractivity contribution in [3.8, 4) is 0 Å². The molecule has 0 bridgehead atoms. The van der Waals surface area contributed by atoms with Crippen LogP contribution < -0.4 is 0 Å². The van der Waals surface area contributed by atoms with Gasteiger partial charge in [0.2, 0.25) is 0 Å². The number of cyclic esters (lactones) is 1. The third-order valence-electron chi connectivity index (χ3n) is 6.29. The van der Waals surface area contributed by atoms with E-state index in [1.807, 2.05) is 60.7 Å². The highest BCUT2D eigenvalue weighted by Gasteiger charge is 2.58. The molecule has 0 aliphatic carbocycles. The van der Waals surface area contributed by atoms with Crippen LogP contribution in [0.15, 0.2) is 84.9 Å². The summed E-state index contributed by atoms with van der Waals surface area (Å²) < 4.78 is 6.14. The average molecular weight is 426 g/mol. The molecule has 2 aliphatic rings. The Morgan fingerprint density at radius 1 is 0.906 bits per heavy atom. The number of benzene rings is 3. The number of piperazine rings is 1. The Labute approximate surface area is 186 Å². The van der Waals surface area contributed by atoms with Gasteiger partial charge in [0.15, 0.2) is 5.60 Å². The number of fused-ring (bicyclic) bond motifs is 1. The van der Waals surface area contributed by atoms with E-state index in [9.17, 15) is 14.4 Å². The predicted octanol–water partition coefficient (Wildman–Crippen LogP) is 3.72. The lowest BCUT2D eigenvalue weighted by Gasteiger charge is -2.42. The summed E-state index contributed by atoms with van der Waals surface area (Å²) >= 11 is 0. The molecule has 6 heteroatoms. The normalized spacial score (nSPS) is 19.2. The molecule has 1 atom stereocenters. The van der Waals surface area contributed by atoms with Crippen LogP contribution in [0.3, 0.4) is 0 Å². The maximum atomic E-state index is 13.3. The third-order valence-corrected chi connectivity index (χ3v) is 6.29. The Bertz CT molecular complexity index is 1120. The number of ether oxygens (including phenoxy) is 1. The zero-order valence-electron chi connectivity index (χ0n) is 17.4. The summed E-state index contributed by atoms with van der Waals surface area (Å²) in [5.74, 6) is -0.164. The van der Waals surface area contributed by atoms with E-state index >= 15 is 0 Å². The summed E-state index contributed by atoms with van der Waals surface area (Å²) in [7, 11) is 0. The van der Waals surface area contributed by atoms with E-state index < -0.39 is 5.60 Å². The van der Waals surface area contributed by atoms with Crippen LogP contribution in [0.4, 0.5) is 4.79 Å². The second kappa shape index (κ2) is 7.96. The van der Waals surface area contributed by atoms with Crippen molar-refractivity contribution in [2.45, 2.75) is 11.6 Å². The summed E-state index contributed by atoms with van der Waals surface area (Å²) in [6.45, 7) is 1.10. The van der Waals surface area contributed by atoms with Crippen molar-refractivity contribution in [3.63, 3.8) is 0 Å². The van der Waals surface area contributed by atoms with E-state index in [0.717, 1.165) is 17.4 Å². The molecule has 0 spiro atoms. The standard InChI is InChI=1S/C26H22N2O4/c29-18-19-8-7-9-20(16-19)24(30)27-14-15-28-23(17-27)26(32-25(28)31,21-10-3-1-4-11-21)22-12-5-2-6-13-22/h1-13,16,18,23H,14-15,17H2. The number of hydrogen-bond donors (Lipinski definition) is 0. The maximum Gasteiger partial charge on any atom is 0.411 e. The molecule has 0 saturated carbocycles. The first kappa shape index (κ1) is 20.0. The molecule has 32 heavy (non-hydrogen) atoms. The third kappa shape index (κ3) is 3.15. The van der Waals surface area contributed by atoms with Crippen molar-refractivity contribution in [1.29, 1.82) is 0 Å². The van der Waals surface area contributed by atoms with E-state index in [-0.39, 0.29) is 18.0 Å². The van der Waals surface area contributed by atoms with E-state index in [1.54, 1.807) is 34.1 Å². The molecule has 6 nitrogen and oxygen atoms in total. The van der Waals surface area contributed by atoms with Crippen LogP contribution in [0, 0.1) is 0 Å². The zero-order valence-corrected chi connectivity index (χ0v) is 17.4. The molecule has 5 rings (SSSR count). The fraction of sp³-hybridized carbons (Fsp3) is 0.192. The Morgan fingerprint density at radius 3 is 2.19 bits per heavy atom. The molecular formula is C26H22N2O4. The maximum absolute atomic E-state index is 13.3. The Balaban J connectivity index is 1.56. The van der Waals surface area contributed by atoms with Crippen LogP contribution in [0.2, 0.25) is 0 Å². The number of rotatable bonds is 4. The second-order valence-electron chi connectivity index (χ2n) is 8.04. The summed E-state index contributed by atoms with van der Waals surface area (Å²) in [5, 5.41) is 0. The van der Waals surface area contributed by atoms with Crippen molar-refractivity contribution in [2.24, 2.45) is 0 Å². The number of nitrogens with zero attached hydrogens (tertiary/aromatic N) is 2. The minimum Gasteiger partial charge on any atom is -0.431 e. The molecule has 0 radical (unpaired) electrons. The van der Waals surface area contributed by atoms with Gasteiger partial charge in [0, 0.05) is 41.9 Å². The number of carbonyl (C=O) groups excluding carboxylic acids is 3. The lowest BCUT2D eigenvalue weighted by molar-refractivity contribution is 0.0372. The minimum absolute atomic E-state index is 0.164. The predicted molar refractivity (Wildman–Crippen MR) is 118 cm³/mol. The van der Waals surface area contributed by atoms with Crippen molar-refractivity contribution in [3.05, 3.63) is 107 Å². The van der Waals surface area contributed by atoms with Crippen LogP contribution in [0.25, 0.3) is 0 Å². The SMILES string of the molecule is O=Cc1cccc(C(=O)N2CCN3C(=O)OC(c4ccccc4)(c4ccccc4)C3C2)c1. The molecule has 3 aromatic rings. The first-order valence-electron chi connectivity index (χ1n) is 10.6. The number of aldehydes is 1. The van der Waals surface area contributed by atoms with E-state index in [4.69, 9.17) is 4.74 Å². The van der Waals surface area contributed by atoms with Crippen LogP contribution >= 0.6 is 0 Å². The number of carbonyl (C=O) groups is 3. The van der Waals surface area contributed by atoms with Crippen molar-refractivity contribution in [1.82, 2.24) is 9.80 Å². The van der Waals surface area contributed by atoms with Gasteiger partial charge in [0.05, 0.1) is 0 Å². The van der Waals surface area contributed by atoms with E-state index in [2.05, 4.69) is 0 Å². The van der Waals surface area contributed by atoms with Gasteiger partial charge < -0.3 is 9.64 Å². The molecule has 2 aliphatic heterocycles. The molecule has 1 unspecified atom stereocenters. The minimum atomic E-state index is -1.02. The Hall–Kier alpha value is -3.93. The molecule has 0 aromatic heterocycles. The largest absolute Gasteiger partial charge is 0.431 e. The van der Waals surface area contributed by atoms with E-state index in [1.165, 1.54) is 0 Å². The summed E-state index contributed by atoms with van der Waals surface area (Å²) in [4.78, 5) is 40.9. The van der Waals surface area contributed by atoms with Gasteiger partial charge in [-0.3, -0.25) is 14.5 Å². The van der Waals surface area contributed by atoms with Gasteiger partial charge in [-0.15, -0.1) is 0 Å². The molecule has 2 heterocycles. The summed E-state index contributed by atoms with van der Waals surface area (Å²) in [5.41, 5.74) is 1.62. The lowest BCUT2D eigenvalue weighted by Crippen LogP contribution is -2.58. The Morgan fingerprint density at radius 2 is 1.56 bits per heavy atom. The molecule has 160 valence electrons. The van der Waals surface area contributed by atoms with Gasteiger partial charge in [0.25, 0.3) is 5.91 Å². The Kier molecular flexibility index (Phi) is 4.98. The van der Waals surface area contributed by atoms with Crippen LogP contribution in [-0.2, 0) is 10.3 Å². The van der Waals surface area contributed by atoms with Gasteiger partial charge in [-0.2, -0.15) is 0 Å². The van der Waals surface area contributed by atoms with Gasteiger partial charge >= 0.3 is 6.09 Å². The fourth-order valence-electron chi connectivity index (χ4n) is 4.77. The first-order chi connectivity index (χ1) is 15.6. The highest BCUT2D eigenvalue weighted by Crippen LogP contribution is 2.45. The topological polar surface area (TPSA) is 66.9 Å². The zero-order chi connectivity index (χ0) is 22.1. The monoisotopic (exact) mass is 426 g/mol. The molecular weight excluding hydrogens is 404 g/mol. The highest BCUT2D eigenvalue weighted by atomic mass is 16.6. The molecule has 2 amide bonds. The van der Waals surface area contributed by atoms with Crippen molar-refractivity contribution < 1.29 is 19.1 Å². The second-order valence-corrected chi connectivity index (χ2v) is 8.04. The van der Waals surface area contributed by atoms with E-state index in [0.29, 0.717) is 30.8 Å². The first-order valence-corrected chi connectivity index (χ1v) is 10.6. The average Bonchev–Trinajstić information content (AvgIpc) is 3.17. The van der Waals surface area contributed by atoms with Gasteiger partial charge in [-0.25, -0.2) is 4.79 Å². The fourth-order valence-corrected chi connectivity index (χ4v) is 4.77. The summed E-state index contributed by atoms with van der Waals surface area (Å²) in [6, 6.07) is 25.7. The number of hydrogen-bond acceptors (Lipinski definition) is 4. The lowest BCUT2D eigenvalue weighted by atomic mass is 9.79. The van der Waals surface area contributed by atoms with Gasteiger partial charge in [-0.1, -0.05) is 72.8 Å². The number of amides is 2. The molecule has 2 fully saturated rings. The van der Waals surface area contributed by atoms with Crippen molar-refractivity contribution in [2.75, 3.05) is 19.6 Å². The van der Waals surface area contributed by atoms with Gasteiger partial charge in [0.1, 0.15) is 12.3 Å². The van der Waals surface area contributed by atoms with Crippen LogP contribution in [0.5, 0.6) is 0 Å². The van der Waals surface area contributed by atoms with Crippen LogP contribution in [0.1, 0.15) is 31.8 Å². The van der Waals surface area contributed by atoms with Crippen LogP contribution in [-0.4, -0.2) is 53.8 Å². The molecule has 3 aromatic carbocycles. The summed E-state index contributed by atoms with van der Waals surface area (Å²) in [6.07, 6.45) is 0.353. The highest BCUT2D eigenvalue weighted by molar-refractivity contribution is 5.96. The quantitative estimate of drug-likeness (QED) is 0.597. The smallest absolute Gasteiger partial charge is 0.411 e. The van der Waals surface area contributed by atoms with Crippen molar-refractivity contribution >= 4 is 18.3 Å². The molecule has 2 saturated heterocycles. The van der Waals surface area contributed by atoms with Gasteiger partial charge in [-0.05, 0) is 12.1 Å².